The van der Waals surface area contributed by atoms with Gasteiger partial charge in [0.25, 0.3) is 0 Å². The van der Waals surface area contributed by atoms with E-state index in [-0.39, 0.29) is 41.8 Å². The number of halogens is 4. The van der Waals surface area contributed by atoms with Crippen LogP contribution >= 0.6 is 22.7 Å². The number of hydrogen-bond donors (Lipinski definition) is 10. The van der Waals surface area contributed by atoms with Crippen LogP contribution in [0.3, 0.4) is 0 Å². The Labute approximate surface area is 732 Å². The van der Waals surface area contributed by atoms with E-state index in [0.29, 0.717) is 92.7 Å². The standard InChI is InChI=1S/C21H26FNO3.C20H25FN2O3.C15H15NO.C14H11FN2O2.C14H11FN2OS.C14H12N2OS/c1-23-20-8-4-18(5-9-20)2-3-19-6-10-21(11-7-19)26-17-16-25-15-14-24-13-12-22;1-22-19-7-4-17(5-8-19)2-3-18-6-9-20(23-16-18)26-15-14-25-13-12-24-11-10-21;1-16-14-8-4-12(5-9-14)2-3-13-6-10-15(17)11-7-13;1-16-13-5-3-10(14(15)17-13)12-7-8-6-9(18)2-4-11(8)19-12;1-16-11-4-2-8(6-10(11)15)14-17-12-5-3-9(18)7-13(12)19-14;1-15-10-4-2-9(3-5-10)14-16-12-7-6-11(17)8-13(12)18-14/h2-11,23H,12-17H2,1H3;2-9,16,22H,10-15H2,1H3;2-11,16-17H,1H3;2-7,18H,1H3,(H,16,17);2-7,16,18H,1H3;2-8,15,17H,1H3/b3*3-2+;;;/i22-1;21-1;1-1;2*15-1;1-1. The number of aromatic hydroxyl groups is 4. The van der Waals surface area contributed by atoms with Crippen molar-refractivity contribution >= 4 is 125 Å². The highest BCUT2D eigenvalue weighted by Gasteiger charge is 2.15. The Balaban J connectivity index is 0.000000158. The smallest absolute Gasteiger partial charge is 0.225 e. The third kappa shape index (κ3) is 30.9. The van der Waals surface area contributed by atoms with Crippen LogP contribution in [0.2, 0.25) is 0 Å². The summed E-state index contributed by atoms with van der Waals surface area (Å²) in [5.41, 5.74) is 15.8. The van der Waals surface area contributed by atoms with Crippen molar-refractivity contribution in [2.24, 2.45) is 0 Å². The molecular weight excluding hydrogens is 1630 g/mol. The number of benzene rings is 10. The molecule has 27 heteroatoms. The minimum Gasteiger partial charge on any atom is -0.508 e. The summed E-state index contributed by atoms with van der Waals surface area (Å²) in [4.78, 5) is 17.0. The summed E-state index contributed by atoms with van der Waals surface area (Å²) >= 11 is 3.01. The van der Waals surface area contributed by atoms with Gasteiger partial charge in [0.05, 0.1) is 84.5 Å². The first-order valence-electron chi connectivity index (χ1n) is 39.9. The second kappa shape index (κ2) is 50.6. The number of phenolic OH excluding ortho intramolecular Hbond substituents is 4. The molecule has 10 N–H and O–H groups in total. The largest absolute Gasteiger partial charge is 0.508 e. The maximum Gasteiger partial charge on any atom is 0.225 e. The predicted octanol–water partition coefficient (Wildman–Crippen LogP) is 22.5. The summed E-state index contributed by atoms with van der Waals surface area (Å²) in [6, 6.07) is 76.5. The minimum absolute atomic E-state index is 0.117. The molecule has 0 amide bonds. The molecule has 648 valence electrons. The van der Waals surface area contributed by atoms with Crippen LogP contribution in [-0.4, -0.2) is 162 Å². The highest BCUT2D eigenvalue weighted by molar-refractivity contribution is 7.22. The molecule has 21 nitrogen and oxygen atoms in total. The van der Waals surface area contributed by atoms with Gasteiger partial charge in [0, 0.05) is 93.8 Å². The van der Waals surface area contributed by atoms with Crippen LogP contribution in [0, 0.1) is 11.8 Å². The molecule has 0 radical (unpaired) electrons. The molecule has 0 aliphatic heterocycles. The van der Waals surface area contributed by atoms with Gasteiger partial charge in [0.2, 0.25) is 11.8 Å². The Kier molecular flexibility index (Phi) is 37.8. The molecule has 0 aliphatic rings. The summed E-state index contributed by atoms with van der Waals surface area (Å²) in [7, 11) is 11.0. The Morgan fingerprint density at radius 2 is 0.784 bits per heavy atom. The second-order valence-electron chi connectivity index (χ2n) is 27.0. The van der Waals surface area contributed by atoms with E-state index in [1.54, 1.807) is 110 Å². The van der Waals surface area contributed by atoms with Gasteiger partial charge in [0.1, 0.15) is 88.3 Å². The average molecular weight is 1730 g/mol. The van der Waals surface area contributed by atoms with Crippen molar-refractivity contribution in [2.75, 3.05) is 154 Å². The fourth-order valence-corrected chi connectivity index (χ4v) is 13.5. The first kappa shape index (κ1) is 93.5. The topological polar surface area (TPSA) is 273 Å². The van der Waals surface area contributed by atoms with Crippen molar-refractivity contribution in [3.63, 3.8) is 0 Å². The van der Waals surface area contributed by atoms with Gasteiger partial charge in [-0.3, -0.25) is 0 Å². The number of alkyl halides is 2. The van der Waals surface area contributed by atoms with E-state index < -0.39 is 19.3 Å². The van der Waals surface area contributed by atoms with Gasteiger partial charge in [-0.05, 0) is 215 Å². The molecular formula is C98H100F4N10O11S2. The number of nitrogens with zero attached hydrogens (tertiary/aromatic N) is 4. The molecule has 0 atom stereocenters. The normalized spacial score (nSPS) is 10.9. The number of aromatic nitrogens is 4. The summed E-state index contributed by atoms with van der Waals surface area (Å²) in [6.07, 6.45) is 14.0. The molecule has 0 saturated heterocycles. The minimum atomic E-state index is -0.602. The monoisotopic (exact) mass is 1730 g/mol. The Morgan fingerprint density at radius 1 is 0.368 bits per heavy atom. The van der Waals surface area contributed by atoms with Gasteiger partial charge in [-0.25, -0.2) is 33.1 Å². The SMILES string of the molecule is CNc1ccc(-c2cc3cc(O)ccc3o2)c([18F])n1.CNc1ccc(-c2nc3ccc(O)cc3s2)cc1[18F].CNc1ccc(/C=C/c2ccc(OCCOCCOCC[18F])cc2)cc1.CNc1ccc(/C=C/c2ccc(OCCOCCOCC[18F])nc2)cc1.[11CH3]Nc1ccc(-c2nc3ccc(O)cc3s2)cc1.[11CH3]Nc1ccc(/C=C/c2ccc(O)cc2)cc1. The first-order chi connectivity index (χ1) is 61.0. The van der Waals surface area contributed by atoms with Crippen LogP contribution in [0.4, 0.5) is 51.8 Å². The van der Waals surface area contributed by atoms with Crippen molar-refractivity contribution in [3.05, 3.63) is 300 Å². The van der Waals surface area contributed by atoms with Crippen LogP contribution in [0.15, 0.2) is 259 Å². The van der Waals surface area contributed by atoms with Crippen LogP contribution in [0.1, 0.15) is 33.4 Å². The first-order valence-corrected chi connectivity index (χ1v) is 41.6. The van der Waals surface area contributed by atoms with E-state index in [0.717, 1.165) is 103 Å². The van der Waals surface area contributed by atoms with Crippen molar-refractivity contribution in [2.45, 2.75) is 0 Å². The Hall–Kier alpha value is -13.8. The number of furan rings is 1. The van der Waals surface area contributed by atoms with Crippen molar-refractivity contribution in [3.8, 4) is 67.1 Å². The van der Waals surface area contributed by atoms with E-state index in [2.05, 4.69) is 100 Å². The van der Waals surface area contributed by atoms with Crippen molar-refractivity contribution < 1.29 is 70.8 Å². The predicted molar refractivity (Wildman–Crippen MR) is 503 cm³/mol. The molecule has 0 aliphatic carbocycles. The van der Waals surface area contributed by atoms with Gasteiger partial charge < -0.3 is 85.2 Å². The molecule has 5 aromatic heterocycles. The second-order valence-corrected chi connectivity index (χ2v) is 29.0. The third-order valence-corrected chi connectivity index (χ3v) is 20.4. The number of anilines is 6. The lowest BCUT2D eigenvalue weighted by atomic mass is 10.1. The van der Waals surface area contributed by atoms with Crippen LogP contribution in [-0.2, 0) is 18.9 Å². The molecule has 0 saturated carbocycles. The number of nitrogens with one attached hydrogen (secondary N) is 6. The molecule has 10 aromatic carbocycles. The maximum atomic E-state index is 13.9. The van der Waals surface area contributed by atoms with E-state index in [4.69, 9.17) is 37.9 Å². The zero-order chi connectivity index (χ0) is 88.3. The van der Waals surface area contributed by atoms with E-state index in [9.17, 15) is 32.9 Å². The summed E-state index contributed by atoms with van der Waals surface area (Å²) < 4.78 is 90.4. The molecule has 0 spiro atoms. The quantitative estimate of drug-likeness (QED) is 0.00792. The number of rotatable bonds is 33. The fraction of sp³-hybridized carbons (Fsp3) is 0.184. The molecule has 125 heavy (non-hydrogen) atoms. The molecule has 0 bridgehead atoms. The zero-order valence-corrected chi connectivity index (χ0v) is 71.6. The lowest BCUT2D eigenvalue weighted by Crippen LogP contribution is -2.11. The van der Waals surface area contributed by atoms with Crippen LogP contribution in [0.5, 0.6) is 34.6 Å². The molecule has 0 fully saturated rings. The van der Waals surface area contributed by atoms with E-state index in [1.165, 1.54) is 23.5 Å². The number of hydrogen-bond acceptors (Lipinski definition) is 23. The number of phenols is 4. The summed E-state index contributed by atoms with van der Waals surface area (Å²) in [5, 5.41) is 57.8. The van der Waals surface area contributed by atoms with Crippen LogP contribution < -0.4 is 41.4 Å². The zero-order valence-electron chi connectivity index (χ0n) is 70.0. The lowest BCUT2D eigenvalue weighted by molar-refractivity contribution is 0.0320. The molecule has 15 aromatic rings. The Bertz CT molecular complexity index is 5720. The maximum absolute atomic E-state index is 13.9. The number of pyridine rings is 2. The molecule has 0 unspecified atom stereocenters. The number of fused-ring (bicyclic) bond motifs is 3. The van der Waals surface area contributed by atoms with Crippen molar-refractivity contribution in [1.29, 1.82) is 0 Å². The van der Waals surface area contributed by atoms with E-state index in [1.807, 2.05) is 174 Å². The highest BCUT2D eigenvalue weighted by Crippen LogP contribution is 2.36. The molecule has 15 rings (SSSR count). The number of ether oxygens (including phenoxy) is 6. The van der Waals surface area contributed by atoms with Gasteiger partial charge >= 0.3 is 0 Å². The lowest BCUT2D eigenvalue weighted by Gasteiger charge is -2.07. The van der Waals surface area contributed by atoms with Gasteiger partial charge in [0.15, 0.2) is 0 Å². The van der Waals surface area contributed by atoms with Crippen LogP contribution in [0.25, 0.3) is 100 Å². The van der Waals surface area contributed by atoms with Gasteiger partial charge in [-0.2, -0.15) is 4.39 Å². The third-order valence-electron chi connectivity index (χ3n) is 18.2. The summed E-state index contributed by atoms with van der Waals surface area (Å²) in [5.74, 6) is 2.21. The Morgan fingerprint density at radius 3 is 1.24 bits per heavy atom. The van der Waals surface area contributed by atoms with Crippen molar-refractivity contribution in [1.82, 2.24) is 19.9 Å². The summed E-state index contributed by atoms with van der Waals surface area (Å²) in [6.45, 7) is 2.77. The van der Waals surface area contributed by atoms with E-state index >= 15 is 0 Å². The van der Waals surface area contributed by atoms with Gasteiger partial charge in [-0.15, -0.1) is 22.7 Å². The fourth-order valence-electron chi connectivity index (χ4n) is 11.5. The highest BCUT2D eigenvalue weighted by atomic mass is 32.1. The number of thiazole rings is 2. The average Bonchev–Trinajstić information content (AvgIpc) is 1.67. The van der Waals surface area contributed by atoms with Gasteiger partial charge in [-0.1, -0.05) is 97.1 Å². The molecule has 5 heterocycles.